The Labute approximate surface area is 93.6 Å². The van der Waals surface area contributed by atoms with Crippen LogP contribution in [0.4, 0.5) is 11.4 Å². The van der Waals surface area contributed by atoms with Gasteiger partial charge in [-0.3, -0.25) is 4.79 Å². The van der Waals surface area contributed by atoms with Crippen molar-refractivity contribution in [3.63, 3.8) is 0 Å². The third kappa shape index (κ3) is 1.81. The van der Waals surface area contributed by atoms with E-state index in [0.717, 1.165) is 16.3 Å². The van der Waals surface area contributed by atoms with Gasteiger partial charge < -0.3 is 10.6 Å². The molecule has 0 fully saturated rings. The molecule has 0 saturated carbocycles. The van der Waals surface area contributed by atoms with Gasteiger partial charge in [-0.2, -0.15) is 0 Å². The summed E-state index contributed by atoms with van der Waals surface area (Å²) in [5.41, 5.74) is 1.97. The topological polar surface area (TPSA) is 41.1 Å². The second-order valence-corrected chi connectivity index (χ2v) is 5.69. The number of amides is 1. The first-order valence-electron chi connectivity index (χ1n) is 4.85. The molecule has 15 heavy (non-hydrogen) atoms. The molecule has 0 saturated heterocycles. The molecule has 1 heterocycles. The fraction of sp³-hybridized carbons (Fsp3) is 0.364. The number of thioether (sulfide) groups is 1. The van der Waals surface area contributed by atoms with Crippen molar-refractivity contribution in [3.8, 4) is 0 Å². The van der Waals surface area contributed by atoms with Gasteiger partial charge >= 0.3 is 0 Å². The van der Waals surface area contributed by atoms with Crippen molar-refractivity contribution in [1.29, 1.82) is 0 Å². The van der Waals surface area contributed by atoms with Crippen LogP contribution < -0.4 is 10.6 Å². The van der Waals surface area contributed by atoms with Gasteiger partial charge in [0.15, 0.2) is 0 Å². The van der Waals surface area contributed by atoms with Crippen molar-refractivity contribution in [1.82, 2.24) is 0 Å². The van der Waals surface area contributed by atoms with E-state index in [0.29, 0.717) is 0 Å². The maximum Gasteiger partial charge on any atom is 0.240 e. The van der Waals surface area contributed by atoms with Gasteiger partial charge in [-0.15, -0.1) is 11.8 Å². The molecule has 1 aromatic carbocycles. The molecule has 0 aliphatic carbocycles. The molecule has 0 unspecified atom stereocenters. The van der Waals surface area contributed by atoms with Crippen molar-refractivity contribution in [2.24, 2.45) is 0 Å². The summed E-state index contributed by atoms with van der Waals surface area (Å²) in [6, 6.07) is 5.94. The molecule has 2 N–H and O–H groups in total. The van der Waals surface area contributed by atoms with Gasteiger partial charge in [0.1, 0.15) is 0 Å². The molecule has 4 heteroatoms. The van der Waals surface area contributed by atoms with Gasteiger partial charge in [-0.25, -0.2) is 0 Å². The maximum absolute atomic E-state index is 11.7. The van der Waals surface area contributed by atoms with E-state index < -0.39 is 0 Å². The fourth-order valence-electron chi connectivity index (χ4n) is 1.46. The highest BCUT2D eigenvalue weighted by Gasteiger charge is 2.34. The van der Waals surface area contributed by atoms with Gasteiger partial charge in [0, 0.05) is 17.6 Å². The lowest BCUT2D eigenvalue weighted by atomic mass is 10.1. The van der Waals surface area contributed by atoms with Crippen molar-refractivity contribution >= 4 is 29.0 Å². The van der Waals surface area contributed by atoms with Gasteiger partial charge in [-0.1, -0.05) is 0 Å². The monoisotopic (exact) mass is 222 g/mol. The lowest BCUT2D eigenvalue weighted by Gasteiger charge is -2.29. The number of carbonyl (C=O) groups excluding carboxylic acids is 1. The second-order valence-electron chi connectivity index (χ2n) is 4.03. The molecule has 1 amide bonds. The van der Waals surface area contributed by atoms with Crippen LogP contribution in [0.15, 0.2) is 23.1 Å². The Morgan fingerprint density at radius 2 is 2.13 bits per heavy atom. The first-order chi connectivity index (χ1) is 7.03. The minimum atomic E-state index is -0.390. The highest BCUT2D eigenvalue weighted by atomic mass is 32.2. The molecule has 0 spiro atoms. The predicted octanol–water partition coefficient (Wildman–Crippen LogP) is 2.55. The average Bonchev–Trinajstić information content (AvgIpc) is 2.18. The Balaban J connectivity index is 2.42. The van der Waals surface area contributed by atoms with E-state index in [-0.39, 0.29) is 10.7 Å². The maximum atomic E-state index is 11.7. The second kappa shape index (κ2) is 3.45. The molecule has 1 aliphatic heterocycles. The molecular weight excluding hydrogens is 208 g/mol. The van der Waals surface area contributed by atoms with Gasteiger partial charge in [-0.05, 0) is 32.0 Å². The Morgan fingerprint density at radius 1 is 1.40 bits per heavy atom. The van der Waals surface area contributed by atoms with Crippen LogP contribution in [0.5, 0.6) is 0 Å². The summed E-state index contributed by atoms with van der Waals surface area (Å²) in [4.78, 5) is 12.8. The molecule has 0 radical (unpaired) electrons. The normalized spacial score (nSPS) is 17.9. The molecule has 3 nitrogen and oxygen atoms in total. The summed E-state index contributed by atoms with van der Waals surface area (Å²) in [6.45, 7) is 3.87. The molecule has 0 atom stereocenters. The number of fused-ring (bicyclic) bond motifs is 1. The molecule has 1 aromatic rings. The molecule has 1 aliphatic rings. The van der Waals surface area contributed by atoms with Crippen LogP contribution >= 0.6 is 11.8 Å². The van der Waals surface area contributed by atoms with E-state index in [1.54, 1.807) is 11.8 Å². The van der Waals surface area contributed by atoms with E-state index in [9.17, 15) is 4.79 Å². The van der Waals surface area contributed by atoms with Crippen LogP contribution in [0.3, 0.4) is 0 Å². The Morgan fingerprint density at radius 3 is 2.80 bits per heavy atom. The lowest BCUT2D eigenvalue weighted by Crippen LogP contribution is -2.37. The number of hydrogen-bond donors (Lipinski definition) is 2. The number of benzene rings is 1. The Bertz CT molecular complexity index is 415. The van der Waals surface area contributed by atoms with Crippen LogP contribution in [-0.4, -0.2) is 17.7 Å². The Kier molecular flexibility index (Phi) is 2.38. The van der Waals surface area contributed by atoms with Crippen molar-refractivity contribution in [2.45, 2.75) is 23.5 Å². The number of nitrogens with one attached hydrogen (secondary N) is 2. The standard InChI is InChI=1S/C11H14N2OS/c1-11(2)10(14)13-8-5-4-7(12-3)6-9(8)15-11/h4-6,12H,1-3H3,(H,13,14). The molecule has 0 aromatic heterocycles. The zero-order chi connectivity index (χ0) is 11.1. The molecular formula is C11H14N2OS. The van der Waals surface area contributed by atoms with Gasteiger partial charge in [0.25, 0.3) is 0 Å². The third-order valence-electron chi connectivity index (χ3n) is 2.43. The first kappa shape index (κ1) is 10.4. The highest BCUT2D eigenvalue weighted by molar-refractivity contribution is 8.01. The number of rotatable bonds is 1. The molecule has 2 rings (SSSR count). The van der Waals surface area contributed by atoms with Crippen molar-refractivity contribution < 1.29 is 4.79 Å². The van der Waals surface area contributed by atoms with E-state index in [1.165, 1.54) is 0 Å². The first-order valence-corrected chi connectivity index (χ1v) is 5.67. The van der Waals surface area contributed by atoms with Crippen molar-refractivity contribution in [2.75, 3.05) is 17.7 Å². The van der Waals surface area contributed by atoms with Gasteiger partial charge in [0.2, 0.25) is 5.91 Å². The van der Waals surface area contributed by atoms with Crippen LogP contribution in [0.25, 0.3) is 0 Å². The minimum absolute atomic E-state index is 0.0669. The van der Waals surface area contributed by atoms with E-state index >= 15 is 0 Å². The minimum Gasteiger partial charge on any atom is -0.388 e. The predicted molar refractivity (Wildman–Crippen MR) is 64.6 cm³/mol. The third-order valence-corrected chi connectivity index (χ3v) is 3.68. The largest absolute Gasteiger partial charge is 0.388 e. The quantitative estimate of drug-likeness (QED) is 0.767. The summed E-state index contributed by atoms with van der Waals surface area (Å²) < 4.78 is -0.390. The van der Waals surface area contributed by atoms with Crippen molar-refractivity contribution in [3.05, 3.63) is 18.2 Å². The van der Waals surface area contributed by atoms with E-state index in [1.807, 2.05) is 33.0 Å². The summed E-state index contributed by atoms with van der Waals surface area (Å²) >= 11 is 1.60. The van der Waals surface area contributed by atoms with Crippen LogP contribution in [-0.2, 0) is 4.79 Å². The van der Waals surface area contributed by atoms with E-state index in [4.69, 9.17) is 0 Å². The van der Waals surface area contributed by atoms with Crippen LogP contribution in [0.2, 0.25) is 0 Å². The molecule has 0 bridgehead atoms. The lowest BCUT2D eigenvalue weighted by molar-refractivity contribution is -0.117. The summed E-state index contributed by atoms with van der Waals surface area (Å²) in [7, 11) is 1.89. The zero-order valence-electron chi connectivity index (χ0n) is 9.05. The number of carbonyl (C=O) groups is 1. The average molecular weight is 222 g/mol. The SMILES string of the molecule is CNc1ccc2c(c1)SC(C)(C)C(=O)N2. The highest BCUT2D eigenvalue weighted by Crippen LogP contribution is 2.42. The summed E-state index contributed by atoms with van der Waals surface area (Å²) in [6.07, 6.45) is 0. The van der Waals surface area contributed by atoms with Gasteiger partial charge in [0.05, 0.1) is 10.4 Å². The zero-order valence-corrected chi connectivity index (χ0v) is 9.87. The molecule has 80 valence electrons. The summed E-state index contributed by atoms with van der Waals surface area (Å²) in [5.74, 6) is 0.0669. The number of hydrogen-bond acceptors (Lipinski definition) is 3. The smallest absolute Gasteiger partial charge is 0.240 e. The fourth-order valence-corrected chi connectivity index (χ4v) is 2.57. The van der Waals surface area contributed by atoms with E-state index in [2.05, 4.69) is 16.7 Å². The Hall–Kier alpha value is -1.16. The summed E-state index contributed by atoms with van der Waals surface area (Å²) in [5, 5.41) is 6.00. The number of anilines is 2. The van der Waals surface area contributed by atoms with Crippen LogP contribution in [0.1, 0.15) is 13.8 Å². The van der Waals surface area contributed by atoms with Crippen LogP contribution in [0, 0.1) is 0 Å².